The van der Waals surface area contributed by atoms with Crippen LogP contribution in [0.25, 0.3) is 0 Å². The van der Waals surface area contributed by atoms with Gasteiger partial charge < -0.3 is 0 Å². The predicted octanol–water partition coefficient (Wildman–Crippen LogP) is 5.88. The smallest absolute Gasteiger partial charge is 0.127 e. The van der Waals surface area contributed by atoms with Crippen molar-refractivity contribution >= 4 is 10.0 Å². The molecule has 0 amide bonds. The first-order valence-electron chi connectivity index (χ1n) is 6.95. The molecule has 22 heavy (non-hydrogen) atoms. The van der Waals surface area contributed by atoms with Gasteiger partial charge in [0.15, 0.2) is 0 Å². The maximum Gasteiger partial charge on any atom is 0.127 e. The van der Waals surface area contributed by atoms with Crippen LogP contribution in [0.2, 0.25) is 0 Å². The Kier molecular flexibility index (Phi) is 3.99. The summed E-state index contributed by atoms with van der Waals surface area (Å²) in [6.45, 7) is 0. The lowest BCUT2D eigenvalue weighted by Crippen LogP contribution is -2.02. The molecule has 0 aliphatic carbocycles. The van der Waals surface area contributed by atoms with Crippen molar-refractivity contribution < 1.29 is 8.78 Å². The van der Waals surface area contributed by atoms with Crippen LogP contribution in [-0.2, 0) is 0 Å². The molecule has 3 aromatic carbocycles. The van der Waals surface area contributed by atoms with Crippen LogP contribution in [0.3, 0.4) is 0 Å². The van der Waals surface area contributed by atoms with Crippen LogP contribution in [0.4, 0.5) is 8.78 Å². The van der Waals surface area contributed by atoms with Crippen molar-refractivity contribution in [2.45, 2.75) is 14.7 Å². The van der Waals surface area contributed by atoms with Crippen LogP contribution in [-0.4, -0.2) is 6.26 Å². The fourth-order valence-electron chi connectivity index (χ4n) is 2.56. The Labute approximate surface area is 130 Å². The first kappa shape index (κ1) is 14.8. The third kappa shape index (κ3) is 2.64. The monoisotopic (exact) mass is 314 g/mol. The molecule has 0 spiro atoms. The predicted molar refractivity (Wildman–Crippen MR) is 87.6 cm³/mol. The molecule has 112 valence electrons. The average molecular weight is 314 g/mol. The Bertz CT molecular complexity index is 710. The summed E-state index contributed by atoms with van der Waals surface area (Å²) in [7, 11) is -1.70. The van der Waals surface area contributed by atoms with E-state index in [0.29, 0.717) is 4.90 Å². The lowest BCUT2D eigenvalue weighted by Gasteiger charge is -2.37. The molecule has 0 radical (unpaired) electrons. The second kappa shape index (κ2) is 5.93. The quantitative estimate of drug-likeness (QED) is 0.566. The summed E-state index contributed by atoms with van der Waals surface area (Å²) in [5, 5.41) is 0. The zero-order valence-corrected chi connectivity index (χ0v) is 13.0. The second-order valence-electron chi connectivity index (χ2n) is 5.15. The van der Waals surface area contributed by atoms with Gasteiger partial charge >= 0.3 is 0 Å². The van der Waals surface area contributed by atoms with Crippen molar-refractivity contribution in [3.8, 4) is 0 Å². The molecular formula is C19H16F2S. The van der Waals surface area contributed by atoms with Gasteiger partial charge in [0.2, 0.25) is 0 Å². The Balaban J connectivity index is 2.28. The van der Waals surface area contributed by atoms with E-state index in [-0.39, 0.29) is 0 Å². The van der Waals surface area contributed by atoms with E-state index < -0.39 is 21.7 Å². The number of rotatable bonds is 3. The van der Waals surface area contributed by atoms with Crippen molar-refractivity contribution in [2.24, 2.45) is 0 Å². The van der Waals surface area contributed by atoms with Gasteiger partial charge in [0.25, 0.3) is 0 Å². The van der Waals surface area contributed by atoms with Crippen LogP contribution >= 0.6 is 10.0 Å². The summed E-state index contributed by atoms with van der Waals surface area (Å²) >= 11 is 0. The van der Waals surface area contributed by atoms with Crippen molar-refractivity contribution in [2.75, 3.05) is 6.26 Å². The third-order valence-corrected chi connectivity index (χ3v) is 7.35. The van der Waals surface area contributed by atoms with Gasteiger partial charge in [-0.15, -0.1) is 0 Å². The highest BCUT2D eigenvalue weighted by Gasteiger charge is 2.26. The molecule has 0 aliphatic rings. The molecule has 0 nitrogen and oxygen atoms in total. The van der Waals surface area contributed by atoms with E-state index >= 15 is 0 Å². The van der Waals surface area contributed by atoms with E-state index in [1.807, 2.05) is 60.7 Å². The Hall–Kier alpha value is -2.13. The maximum absolute atomic E-state index is 13.8. The van der Waals surface area contributed by atoms with Gasteiger partial charge in [0, 0.05) is 11.0 Å². The van der Waals surface area contributed by atoms with Crippen molar-refractivity contribution in [3.63, 3.8) is 0 Å². The molecule has 0 aromatic heterocycles. The zero-order valence-electron chi connectivity index (χ0n) is 12.2. The van der Waals surface area contributed by atoms with Gasteiger partial charge in [-0.3, -0.25) is 0 Å². The van der Waals surface area contributed by atoms with Gasteiger partial charge in [0.1, 0.15) is 11.6 Å². The number of halogens is 2. The first-order valence-corrected chi connectivity index (χ1v) is 8.99. The van der Waals surface area contributed by atoms with Gasteiger partial charge in [-0.1, -0.05) is 36.4 Å². The van der Waals surface area contributed by atoms with E-state index in [9.17, 15) is 8.78 Å². The van der Waals surface area contributed by atoms with Crippen LogP contribution in [0.15, 0.2) is 93.5 Å². The Morgan fingerprint density at radius 3 is 1.41 bits per heavy atom. The minimum absolute atomic E-state index is 0.541. The number of hydrogen-bond donors (Lipinski definition) is 0. The van der Waals surface area contributed by atoms with Gasteiger partial charge in [-0.25, -0.2) is 8.78 Å². The molecule has 0 N–H and O–H groups in total. The van der Waals surface area contributed by atoms with Crippen molar-refractivity contribution in [1.82, 2.24) is 0 Å². The summed E-state index contributed by atoms with van der Waals surface area (Å²) in [6.07, 6.45) is 2.08. The molecule has 0 saturated carbocycles. The molecule has 3 aromatic rings. The van der Waals surface area contributed by atoms with E-state index in [0.717, 1.165) is 15.9 Å². The summed E-state index contributed by atoms with van der Waals surface area (Å²) < 4.78 is 27.5. The zero-order chi connectivity index (χ0) is 15.6. The standard InChI is InChI=1S/C19H16F2S/c1-22(17-8-4-2-5-9-17,18-10-6-3-7-11-18)19-13-15(20)12-16(21)14-19/h2-14H,1H3. The van der Waals surface area contributed by atoms with E-state index in [1.54, 1.807) is 0 Å². The third-order valence-electron chi connectivity index (χ3n) is 3.74. The number of benzene rings is 3. The molecule has 0 atom stereocenters. The molecule has 0 heterocycles. The molecule has 0 saturated heterocycles. The highest BCUT2D eigenvalue weighted by Crippen LogP contribution is 2.65. The molecule has 3 rings (SSSR count). The SMILES string of the molecule is CS(c1ccccc1)(c1ccccc1)c1cc(F)cc(F)c1. The largest absolute Gasteiger partial charge is 0.207 e. The minimum atomic E-state index is -1.70. The van der Waals surface area contributed by atoms with E-state index in [1.165, 1.54) is 12.1 Å². The van der Waals surface area contributed by atoms with Crippen LogP contribution in [0.1, 0.15) is 0 Å². The molecular weight excluding hydrogens is 298 g/mol. The molecule has 0 unspecified atom stereocenters. The van der Waals surface area contributed by atoms with E-state index in [4.69, 9.17) is 0 Å². The molecule has 0 fully saturated rings. The molecule has 0 aliphatic heterocycles. The lowest BCUT2D eigenvalue weighted by atomic mass is 10.3. The summed E-state index contributed by atoms with van der Waals surface area (Å²) in [4.78, 5) is 2.83. The minimum Gasteiger partial charge on any atom is -0.207 e. The van der Waals surface area contributed by atoms with Crippen molar-refractivity contribution in [3.05, 3.63) is 90.5 Å². The van der Waals surface area contributed by atoms with E-state index in [2.05, 4.69) is 6.26 Å². The number of hydrogen-bond acceptors (Lipinski definition) is 0. The molecule has 3 heteroatoms. The first-order chi connectivity index (χ1) is 10.6. The van der Waals surface area contributed by atoms with Gasteiger partial charge in [0.05, 0.1) is 0 Å². The lowest BCUT2D eigenvalue weighted by molar-refractivity contribution is 0.577. The fourth-order valence-corrected chi connectivity index (χ4v) is 5.47. The Morgan fingerprint density at radius 1 is 0.591 bits per heavy atom. The highest BCUT2D eigenvalue weighted by molar-refractivity contribution is 8.33. The summed E-state index contributed by atoms with van der Waals surface area (Å²) in [5.41, 5.74) is 0. The Morgan fingerprint density at radius 2 is 1.00 bits per heavy atom. The van der Waals surface area contributed by atoms with Crippen molar-refractivity contribution in [1.29, 1.82) is 0 Å². The summed E-state index contributed by atoms with van der Waals surface area (Å²) in [6, 6.07) is 23.6. The topological polar surface area (TPSA) is 0 Å². The van der Waals surface area contributed by atoms with Crippen LogP contribution in [0, 0.1) is 11.6 Å². The normalized spacial score (nSPS) is 12.1. The van der Waals surface area contributed by atoms with Gasteiger partial charge in [-0.2, -0.15) is 10.0 Å². The highest BCUT2D eigenvalue weighted by atomic mass is 32.3. The van der Waals surface area contributed by atoms with Crippen LogP contribution in [0.5, 0.6) is 0 Å². The summed E-state index contributed by atoms with van der Waals surface area (Å²) in [5.74, 6) is -1.08. The average Bonchev–Trinajstić information content (AvgIpc) is 2.55. The maximum atomic E-state index is 13.8. The molecule has 0 bridgehead atoms. The fraction of sp³-hybridized carbons (Fsp3) is 0.0526. The van der Waals surface area contributed by atoms with Crippen LogP contribution < -0.4 is 0 Å². The van der Waals surface area contributed by atoms with Gasteiger partial charge in [-0.05, 0) is 52.4 Å². The second-order valence-corrected chi connectivity index (χ2v) is 8.40.